The summed E-state index contributed by atoms with van der Waals surface area (Å²) < 4.78 is 14.9. The average molecular weight is 488 g/mol. The van der Waals surface area contributed by atoms with E-state index < -0.39 is 8.80 Å². The summed E-state index contributed by atoms with van der Waals surface area (Å²) in [5.41, 5.74) is 4.10. The van der Waals surface area contributed by atoms with Gasteiger partial charge in [0.25, 0.3) is 0 Å². The Morgan fingerprint density at radius 1 is 0.639 bits per heavy atom. The zero-order valence-corrected chi connectivity index (χ0v) is 22.6. The second-order valence-electron chi connectivity index (χ2n) is 10.8. The van der Waals surface area contributed by atoms with Crippen LogP contribution in [0.25, 0.3) is 27.5 Å². The van der Waals surface area contributed by atoms with E-state index in [0.29, 0.717) is 0 Å². The molecule has 5 heteroatoms. The van der Waals surface area contributed by atoms with Crippen molar-refractivity contribution in [1.29, 1.82) is 0 Å². The van der Waals surface area contributed by atoms with Crippen LogP contribution in [-0.4, -0.2) is 31.7 Å². The van der Waals surface area contributed by atoms with Crippen molar-refractivity contribution >= 4 is 53.6 Å². The van der Waals surface area contributed by atoms with Gasteiger partial charge in [0.1, 0.15) is 10.4 Å². The van der Waals surface area contributed by atoms with E-state index in [2.05, 4.69) is 136 Å². The van der Waals surface area contributed by atoms with Crippen LogP contribution in [-0.2, 0) is 9.31 Å². The van der Waals surface area contributed by atoms with Crippen molar-refractivity contribution in [2.75, 3.05) is 0 Å². The number of hydrogen-bond acceptors (Lipinski definition) is 2. The van der Waals surface area contributed by atoms with Crippen molar-refractivity contribution < 1.29 is 9.31 Å². The molecular weight excluding hydrogens is 457 g/mol. The average Bonchev–Trinajstić information content (AvgIpc) is 3.33. The number of fused-ring (bicyclic) bond motifs is 3. The minimum atomic E-state index is -0.933. The van der Waals surface area contributed by atoms with Crippen LogP contribution in [0.1, 0.15) is 27.7 Å². The molecule has 2 heterocycles. The molecule has 0 aliphatic carbocycles. The first-order valence-corrected chi connectivity index (χ1v) is 14.6. The van der Waals surface area contributed by atoms with Gasteiger partial charge in [0.15, 0.2) is 0 Å². The molecule has 0 spiro atoms. The third-order valence-corrected chi connectivity index (χ3v) is 10.4. The highest BCUT2D eigenvalue weighted by Gasteiger charge is 2.51. The standard InChI is InChI=1S/C31H31BNO2Si/c1-30(2)31(3,4)35-32(34-30)22-15-17-24(18-16-22)36(5)25-19-20-29-27(21-25)26-13-9-10-14-28(26)33(29)23-11-7-6-8-12-23/h6-21H,1-5H3/q+1. The Morgan fingerprint density at radius 3 is 1.92 bits per heavy atom. The number of rotatable bonds is 4. The molecule has 36 heavy (non-hydrogen) atoms. The van der Waals surface area contributed by atoms with Gasteiger partial charge in [-0.05, 0) is 81.7 Å². The van der Waals surface area contributed by atoms with Crippen LogP contribution in [0.3, 0.4) is 0 Å². The smallest absolute Gasteiger partial charge is 0.399 e. The van der Waals surface area contributed by atoms with Crippen molar-refractivity contribution in [1.82, 2.24) is 4.57 Å². The summed E-state index contributed by atoms with van der Waals surface area (Å²) in [5, 5.41) is 5.40. The van der Waals surface area contributed by atoms with Crippen molar-refractivity contribution in [3.05, 3.63) is 97.1 Å². The summed E-state index contributed by atoms with van der Waals surface area (Å²) >= 11 is 0. The van der Waals surface area contributed by atoms with Crippen LogP contribution in [0.15, 0.2) is 97.1 Å². The lowest BCUT2D eigenvalue weighted by Crippen LogP contribution is -2.41. The molecule has 0 N–H and O–H groups in total. The molecule has 0 amide bonds. The SMILES string of the molecule is C[Si+](c1ccc(B2OC(C)(C)C(C)(C)O2)cc1)c1ccc2c(c1)c1ccccc1n2-c1ccccc1. The van der Waals surface area contributed by atoms with E-state index in [4.69, 9.17) is 9.31 Å². The molecule has 0 radical (unpaired) electrons. The fraction of sp³-hybridized carbons (Fsp3) is 0.226. The summed E-state index contributed by atoms with van der Waals surface area (Å²) in [5.74, 6) is 0. The zero-order valence-electron chi connectivity index (χ0n) is 21.6. The summed E-state index contributed by atoms with van der Waals surface area (Å²) in [6.07, 6.45) is 0. The molecule has 1 aliphatic heterocycles. The number of para-hydroxylation sites is 2. The molecule has 3 nitrogen and oxygen atoms in total. The second-order valence-corrected chi connectivity index (χ2v) is 13.2. The maximum Gasteiger partial charge on any atom is 0.494 e. The first-order valence-electron chi connectivity index (χ1n) is 12.6. The van der Waals surface area contributed by atoms with Gasteiger partial charge >= 0.3 is 15.9 Å². The van der Waals surface area contributed by atoms with Crippen LogP contribution in [0.5, 0.6) is 0 Å². The fourth-order valence-electron chi connectivity index (χ4n) is 5.10. The van der Waals surface area contributed by atoms with Gasteiger partial charge in [0.05, 0.1) is 28.8 Å². The first kappa shape index (κ1) is 23.3. The number of nitrogens with zero attached hydrogens (tertiary/aromatic N) is 1. The highest BCUT2D eigenvalue weighted by Crippen LogP contribution is 2.36. The van der Waals surface area contributed by atoms with Gasteiger partial charge in [-0.3, -0.25) is 0 Å². The largest absolute Gasteiger partial charge is 0.494 e. The van der Waals surface area contributed by atoms with E-state index in [9.17, 15) is 0 Å². The molecule has 1 saturated heterocycles. The Morgan fingerprint density at radius 2 is 1.22 bits per heavy atom. The van der Waals surface area contributed by atoms with Crippen LogP contribution < -0.4 is 15.8 Å². The Labute approximate surface area is 215 Å². The van der Waals surface area contributed by atoms with Gasteiger partial charge in [-0.1, -0.05) is 48.5 Å². The normalized spacial score (nSPS) is 16.6. The van der Waals surface area contributed by atoms with E-state index >= 15 is 0 Å². The van der Waals surface area contributed by atoms with E-state index in [1.54, 1.807) is 0 Å². The van der Waals surface area contributed by atoms with E-state index in [-0.39, 0.29) is 18.3 Å². The number of hydrogen-bond donors (Lipinski definition) is 0. The third-order valence-electron chi connectivity index (χ3n) is 7.99. The van der Waals surface area contributed by atoms with Crippen molar-refractivity contribution in [2.24, 2.45) is 0 Å². The highest BCUT2D eigenvalue weighted by molar-refractivity contribution is 6.84. The van der Waals surface area contributed by atoms with Gasteiger partial charge in [0.2, 0.25) is 0 Å². The number of benzene rings is 4. The third kappa shape index (κ3) is 3.74. The molecule has 5 aromatic rings. The van der Waals surface area contributed by atoms with Gasteiger partial charge in [0, 0.05) is 16.5 Å². The molecule has 6 rings (SSSR count). The van der Waals surface area contributed by atoms with Crippen LogP contribution in [0.4, 0.5) is 0 Å². The maximum atomic E-state index is 6.25. The summed E-state index contributed by atoms with van der Waals surface area (Å²) in [6, 6.07) is 35.2. The highest BCUT2D eigenvalue weighted by atomic mass is 28.3. The maximum absolute atomic E-state index is 6.25. The minimum Gasteiger partial charge on any atom is -0.399 e. The Bertz CT molecular complexity index is 1540. The van der Waals surface area contributed by atoms with Crippen LogP contribution in [0, 0.1) is 0 Å². The van der Waals surface area contributed by atoms with E-state index in [1.165, 1.54) is 37.9 Å². The number of aromatic nitrogens is 1. The Kier molecular flexibility index (Phi) is 5.49. The summed E-state index contributed by atoms with van der Waals surface area (Å²) in [6.45, 7) is 10.8. The molecule has 178 valence electrons. The molecule has 0 saturated carbocycles. The zero-order chi connectivity index (χ0) is 25.1. The summed E-state index contributed by atoms with van der Waals surface area (Å²) in [7, 11) is -1.26. The van der Waals surface area contributed by atoms with Gasteiger partial charge in [-0.2, -0.15) is 0 Å². The molecule has 0 atom stereocenters. The molecular formula is C31H31BNO2Si+. The van der Waals surface area contributed by atoms with Gasteiger partial charge in [-0.15, -0.1) is 0 Å². The fourth-order valence-corrected chi connectivity index (χ4v) is 6.79. The Balaban J connectivity index is 1.35. The van der Waals surface area contributed by atoms with Crippen LogP contribution >= 0.6 is 0 Å². The summed E-state index contributed by atoms with van der Waals surface area (Å²) in [4.78, 5) is 0. The molecule has 0 unspecified atom stereocenters. The lowest BCUT2D eigenvalue weighted by Gasteiger charge is -2.32. The lowest BCUT2D eigenvalue weighted by atomic mass is 9.79. The predicted octanol–water partition coefficient (Wildman–Crippen LogP) is 5.32. The molecule has 0 bridgehead atoms. The minimum absolute atomic E-state index is 0.322. The molecule has 4 aromatic carbocycles. The van der Waals surface area contributed by atoms with Crippen LogP contribution in [0.2, 0.25) is 6.55 Å². The van der Waals surface area contributed by atoms with Gasteiger partial charge < -0.3 is 13.9 Å². The van der Waals surface area contributed by atoms with Gasteiger partial charge in [-0.25, -0.2) is 0 Å². The Hall–Kier alpha value is -3.12. The van der Waals surface area contributed by atoms with Crippen molar-refractivity contribution in [3.8, 4) is 5.69 Å². The monoisotopic (exact) mass is 488 g/mol. The topological polar surface area (TPSA) is 23.4 Å². The first-order chi connectivity index (χ1) is 17.2. The van der Waals surface area contributed by atoms with Crippen molar-refractivity contribution in [2.45, 2.75) is 45.4 Å². The second kappa shape index (κ2) is 8.48. The molecule has 1 fully saturated rings. The predicted molar refractivity (Wildman–Crippen MR) is 154 cm³/mol. The van der Waals surface area contributed by atoms with E-state index in [0.717, 1.165) is 5.46 Å². The molecule has 1 aromatic heterocycles. The van der Waals surface area contributed by atoms with Crippen molar-refractivity contribution in [3.63, 3.8) is 0 Å². The quantitative estimate of drug-likeness (QED) is 0.320. The lowest BCUT2D eigenvalue weighted by molar-refractivity contribution is 0.00578. The molecule has 1 aliphatic rings. The van der Waals surface area contributed by atoms with E-state index in [1.807, 2.05) is 0 Å².